The van der Waals surface area contributed by atoms with Gasteiger partial charge in [-0.3, -0.25) is 0 Å². The molecule has 0 saturated carbocycles. The number of hydrogen-bond donors (Lipinski definition) is 0. The summed E-state index contributed by atoms with van der Waals surface area (Å²) in [6.07, 6.45) is 5.33. The highest BCUT2D eigenvalue weighted by Crippen LogP contribution is 2.19. The van der Waals surface area contributed by atoms with Gasteiger partial charge in [0.2, 0.25) is 0 Å². The molecule has 0 amide bonds. The number of ether oxygens (including phenoxy) is 1. The average molecular weight is 290 g/mol. The Hall–Kier alpha value is -2.87. The van der Waals surface area contributed by atoms with E-state index in [2.05, 4.69) is 6.58 Å². The normalized spacial score (nSPS) is 11.9. The Morgan fingerprint density at radius 1 is 1.00 bits per heavy atom. The highest BCUT2D eigenvalue weighted by atomic mass is 16.5. The van der Waals surface area contributed by atoms with Crippen molar-refractivity contribution in [2.24, 2.45) is 0 Å². The number of methoxy groups -OCH3 is 1. The number of carbonyl (C=O) groups is 1. The SMILES string of the molecule is C=C/C(=C\C(=C\c1ccccc1)C(=O)OC)c1ccccc1. The molecule has 0 heterocycles. The van der Waals surface area contributed by atoms with Gasteiger partial charge in [-0.15, -0.1) is 0 Å². The van der Waals surface area contributed by atoms with Gasteiger partial charge in [0.1, 0.15) is 0 Å². The number of hydrogen-bond acceptors (Lipinski definition) is 2. The first-order valence-corrected chi connectivity index (χ1v) is 6.99. The van der Waals surface area contributed by atoms with Gasteiger partial charge < -0.3 is 4.74 Å². The van der Waals surface area contributed by atoms with Crippen LogP contribution in [0.2, 0.25) is 0 Å². The highest BCUT2D eigenvalue weighted by molar-refractivity contribution is 5.99. The predicted molar refractivity (Wildman–Crippen MR) is 91.1 cm³/mol. The standard InChI is InChI=1S/C20H18O2/c1-3-17(18-12-8-5-9-13-18)15-19(20(21)22-2)14-16-10-6-4-7-11-16/h3-15H,1H2,2H3/b17-15+,19-14-. The molecule has 0 fully saturated rings. The largest absolute Gasteiger partial charge is 0.465 e. The van der Waals surface area contributed by atoms with E-state index in [9.17, 15) is 4.79 Å². The van der Waals surface area contributed by atoms with E-state index in [4.69, 9.17) is 4.74 Å². The zero-order valence-electron chi connectivity index (χ0n) is 12.5. The fraction of sp³-hybridized carbons (Fsp3) is 0.0500. The van der Waals surface area contributed by atoms with Crippen molar-refractivity contribution in [3.63, 3.8) is 0 Å². The van der Waals surface area contributed by atoms with Crippen LogP contribution in [-0.4, -0.2) is 13.1 Å². The van der Waals surface area contributed by atoms with E-state index in [0.717, 1.165) is 16.7 Å². The minimum Gasteiger partial charge on any atom is -0.465 e. The van der Waals surface area contributed by atoms with Crippen LogP contribution in [0, 0.1) is 0 Å². The molecule has 110 valence electrons. The van der Waals surface area contributed by atoms with Crippen molar-refractivity contribution in [3.05, 3.63) is 96.1 Å². The second-order valence-electron chi connectivity index (χ2n) is 4.67. The second kappa shape index (κ2) is 7.79. The van der Waals surface area contributed by atoms with E-state index in [1.165, 1.54) is 7.11 Å². The van der Waals surface area contributed by atoms with Gasteiger partial charge in [0, 0.05) is 0 Å². The van der Waals surface area contributed by atoms with Crippen molar-refractivity contribution in [3.8, 4) is 0 Å². The van der Waals surface area contributed by atoms with Gasteiger partial charge in [0.15, 0.2) is 0 Å². The molecule has 0 aliphatic carbocycles. The predicted octanol–water partition coefficient (Wildman–Crippen LogP) is 4.51. The summed E-state index contributed by atoms with van der Waals surface area (Å²) < 4.78 is 4.88. The molecule has 2 aromatic carbocycles. The van der Waals surface area contributed by atoms with Gasteiger partial charge in [-0.2, -0.15) is 0 Å². The van der Waals surface area contributed by atoms with Crippen LogP contribution in [0.25, 0.3) is 11.6 Å². The van der Waals surface area contributed by atoms with E-state index in [1.807, 2.05) is 60.7 Å². The van der Waals surface area contributed by atoms with Gasteiger partial charge in [-0.05, 0) is 28.9 Å². The molecule has 0 aliphatic heterocycles. The summed E-state index contributed by atoms with van der Waals surface area (Å²) in [6.45, 7) is 3.84. The van der Waals surface area contributed by atoms with Crippen LogP contribution in [0.15, 0.2) is 85.0 Å². The van der Waals surface area contributed by atoms with Crippen LogP contribution in [0.4, 0.5) is 0 Å². The fourth-order valence-corrected chi connectivity index (χ4v) is 2.06. The van der Waals surface area contributed by atoms with Gasteiger partial charge in [0.25, 0.3) is 0 Å². The smallest absolute Gasteiger partial charge is 0.337 e. The molecule has 0 N–H and O–H groups in total. The first-order chi connectivity index (χ1) is 10.7. The maximum atomic E-state index is 12.0. The van der Waals surface area contributed by atoms with Crippen molar-refractivity contribution in [2.45, 2.75) is 0 Å². The Labute approximate surface area is 131 Å². The zero-order valence-corrected chi connectivity index (χ0v) is 12.5. The molecule has 2 heteroatoms. The van der Waals surface area contributed by atoms with Gasteiger partial charge in [0.05, 0.1) is 12.7 Å². The Morgan fingerprint density at radius 3 is 2.14 bits per heavy atom. The lowest BCUT2D eigenvalue weighted by atomic mass is 10.0. The van der Waals surface area contributed by atoms with Crippen molar-refractivity contribution in [1.29, 1.82) is 0 Å². The van der Waals surface area contributed by atoms with Crippen molar-refractivity contribution in [2.75, 3.05) is 7.11 Å². The Morgan fingerprint density at radius 2 is 1.59 bits per heavy atom. The minimum absolute atomic E-state index is 0.376. The third-order valence-corrected chi connectivity index (χ3v) is 3.18. The van der Waals surface area contributed by atoms with E-state index in [-0.39, 0.29) is 5.97 Å². The number of esters is 1. The number of benzene rings is 2. The molecule has 0 unspecified atom stereocenters. The molecule has 2 nitrogen and oxygen atoms in total. The van der Waals surface area contributed by atoms with E-state index in [1.54, 1.807) is 18.2 Å². The molecule has 0 saturated heterocycles. The van der Waals surface area contributed by atoms with Crippen LogP contribution in [0.5, 0.6) is 0 Å². The van der Waals surface area contributed by atoms with Gasteiger partial charge in [-0.1, -0.05) is 73.3 Å². The lowest BCUT2D eigenvalue weighted by Gasteiger charge is -2.05. The first kappa shape index (κ1) is 15.5. The molecule has 2 rings (SSSR count). The number of carbonyl (C=O) groups excluding carboxylic acids is 1. The maximum absolute atomic E-state index is 12.0. The number of rotatable bonds is 5. The van der Waals surface area contributed by atoms with E-state index >= 15 is 0 Å². The molecule has 0 radical (unpaired) electrons. The lowest BCUT2D eigenvalue weighted by Crippen LogP contribution is -2.03. The summed E-state index contributed by atoms with van der Waals surface area (Å²) in [4.78, 5) is 12.0. The van der Waals surface area contributed by atoms with E-state index < -0.39 is 0 Å². The molecule has 0 aliphatic rings. The number of allylic oxidation sites excluding steroid dienone is 2. The topological polar surface area (TPSA) is 26.3 Å². The summed E-state index contributed by atoms with van der Waals surface area (Å²) >= 11 is 0. The van der Waals surface area contributed by atoms with Crippen molar-refractivity contribution >= 4 is 17.6 Å². The Kier molecular flexibility index (Phi) is 5.50. The average Bonchev–Trinajstić information content (AvgIpc) is 2.59. The quantitative estimate of drug-likeness (QED) is 0.460. The lowest BCUT2D eigenvalue weighted by molar-refractivity contribution is -0.135. The minimum atomic E-state index is -0.376. The van der Waals surface area contributed by atoms with E-state index in [0.29, 0.717) is 5.57 Å². The molecular weight excluding hydrogens is 272 g/mol. The molecular formula is C20H18O2. The zero-order chi connectivity index (χ0) is 15.8. The summed E-state index contributed by atoms with van der Waals surface area (Å²) in [7, 11) is 1.38. The van der Waals surface area contributed by atoms with Crippen LogP contribution in [0.1, 0.15) is 11.1 Å². The monoisotopic (exact) mass is 290 g/mol. The molecule has 0 bridgehead atoms. The maximum Gasteiger partial charge on any atom is 0.337 e. The molecule has 0 spiro atoms. The molecule has 0 aromatic heterocycles. The Bertz CT molecular complexity index is 695. The molecule has 22 heavy (non-hydrogen) atoms. The fourth-order valence-electron chi connectivity index (χ4n) is 2.06. The summed E-state index contributed by atoms with van der Waals surface area (Å²) in [5, 5.41) is 0. The van der Waals surface area contributed by atoms with Crippen LogP contribution in [-0.2, 0) is 9.53 Å². The van der Waals surface area contributed by atoms with Crippen molar-refractivity contribution in [1.82, 2.24) is 0 Å². The summed E-state index contributed by atoms with van der Waals surface area (Å²) in [5.41, 5.74) is 3.29. The summed E-state index contributed by atoms with van der Waals surface area (Å²) in [5.74, 6) is -0.376. The molecule has 2 aromatic rings. The Balaban J connectivity index is 2.46. The summed E-state index contributed by atoms with van der Waals surface area (Å²) in [6, 6.07) is 19.5. The third-order valence-electron chi connectivity index (χ3n) is 3.18. The van der Waals surface area contributed by atoms with Gasteiger partial charge >= 0.3 is 5.97 Å². The second-order valence-corrected chi connectivity index (χ2v) is 4.67. The highest BCUT2D eigenvalue weighted by Gasteiger charge is 2.08. The molecule has 0 atom stereocenters. The first-order valence-electron chi connectivity index (χ1n) is 6.99. The van der Waals surface area contributed by atoms with Crippen molar-refractivity contribution < 1.29 is 9.53 Å². The van der Waals surface area contributed by atoms with Crippen LogP contribution in [0.3, 0.4) is 0 Å². The van der Waals surface area contributed by atoms with Crippen LogP contribution < -0.4 is 0 Å². The third kappa shape index (κ3) is 4.06. The van der Waals surface area contributed by atoms with Crippen LogP contribution >= 0.6 is 0 Å². The van der Waals surface area contributed by atoms with Gasteiger partial charge in [-0.25, -0.2) is 4.79 Å².